The number of aromatic nitrogens is 1. The molecule has 18 heavy (non-hydrogen) atoms. The van der Waals surface area contributed by atoms with E-state index in [4.69, 9.17) is 10.5 Å². The van der Waals surface area contributed by atoms with Crippen molar-refractivity contribution < 1.29 is 4.74 Å². The summed E-state index contributed by atoms with van der Waals surface area (Å²) in [6.45, 7) is 2.27. The van der Waals surface area contributed by atoms with Crippen LogP contribution in [0.3, 0.4) is 0 Å². The standard InChI is InChI=1S/C14H21N3O/c1-18-14-12(15)6-7-13(16-14)17(8-10-2-3-10)9-11-4-5-11/h6-7,10-11H,2-5,8-9,15H2,1H3. The Balaban J connectivity index is 1.77. The Labute approximate surface area is 108 Å². The molecule has 0 saturated heterocycles. The summed E-state index contributed by atoms with van der Waals surface area (Å²) in [5.41, 5.74) is 6.43. The van der Waals surface area contributed by atoms with Gasteiger partial charge in [0.05, 0.1) is 12.8 Å². The first-order valence-electron chi connectivity index (χ1n) is 6.81. The molecule has 1 aromatic heterocycles. The van der Waals surface area contributed by atoms with E-state index in [2.05, 4.69) is 9.88 Å². The molecule has 2 aliphatic rings. The Bertz CT molecular complexity index is 413. The molecule has 1 heterocycles. The zero-order chi connectivity index (χ0) is 12.5. The van der Waals surface area contributed by atoms with Crippen LogP contribution in [0, 0.1) is 11.8 Å². The Morgan fingerprint density at radius 2 is 1.83 bits per heavy atom. The lowest BCUT2D eigenvalue weighted by molar-refractivity contribution is 0.400. The second-order valence-electron chi connectivity index (χ2n) is 5.56. The molecule has 2 saturated carbocycles. The number of methoxy groups -OCH3 is 1. The topological polar surface area (TPSA) is 51.4 Å². The zero-order valence-electron chi connectivity index (χ0n) is 10.9. The van der Waals surface area contributed by atoms with E-state index in [9.17, 15) is 0 Å². The molecule has 0 aromatic carbocycles. The van der Waals surface area contributed by atoms with Crippen molar-refractivity contribution in [3.8, 4) is 5.88 Å². The molecule has 0 unspecified atom stereocenters. The van der Waals surface area contributed by atoms with E-state index in [1.165, 1.54) is 25.7 Å². The van der Waals surface area contributed by atoms with Gasteiger partial charge < -0.3 is 15.4 Å². The van der Waals surface area contributed by atoms with E-state index >= 15 is 0 Å². The number of pyridine rings is 1. The summed E-state index contributed by atoms with van der Waals surface area (Å²) in [6.07, 6.45) is 5.47. The minimum Gasteiger partial charge on any atom is -0.479 e. The predicted molar refractivity (Wildman–Crippen MR) is 72.9 cm³/mol. The third-order valence-electron chi connectivity index (χ3n) is 3.74. The lowest BCUT2D eigenvalue weighted by Gasteiger charge is -2.24. The Hall–Kier alpha value is -1.45. The molecule has 0 bridgehead atoms. The highest BCUT2D eigenvalue weighted by Crippen LogP contribution is 2.36. The van der Waals surface area contributed by atoms with Gasteiger partial charge in [0.1, 0.15) is 5.82 Å². The van der Waals surface area contributed by atoms with E-state index in [0.717, 1.165) is 30.7 Å². The number of nitrogen functional groups attached to an aromatic ring is 1. The van der Waals surface area contributed by atoms with E-state index in [-0.39, 0.29) is 0 Å². The van der Waals surface area contributed by atoms with E-state index in [1.54, 1.807) is 7.11 Å². The molecule has 2 fully saturated rings. The van der Waals surface area contributed by atoms with Crippen LogP contribution >= 0.6 is 0 Å². The van der Waals surface area contributed by atoms with Gasteiger partial charge in [0.2, 0.25) is 5.88 Å². The maximum absolute atomic E-state index is 5.82. The van der Waals surface area contributed by atoms with Crippen LogP contribution in [0.25, 0.3) is 0 Å². The van der Waals surface area contributed by atoms with Crippen molar-refractivity contribution in [1.82, 2.24) is 4.98 Å². The Kier molecular flexibility index (Phi) is 3.02. The Morgan fingerprint density at radius 3 is 2.33 bits per heavy atom. The molecule has 0 atom stereocenters. The van der Waals surface area contributed by atoms with Gasteiger partial charge in [-0.3, -0.25) is 0 Å². The fraction of sp³-hybridized carbons (Fsp3) is 0.643. The molecule has 3 rings (SSSR count). The molecule has 0 radical (unpaired) electrons. The fourth-order valence-corrected chi connectivity index (χ4v) is 2.27. The maximum atomic E-state index is 5.82. The maximum Gasteiger partial charge on any atom is 0.238 e. The number of nitrogens with zero attached hydrogens (tertiary/aromatic N) is 2. The molecule has 1 aromatic rings. The summed E-state index contributed by atoms with van der Waals surface area (Å²) in [5.74, 6) is 3.30. The molecule has 0 aliphatic heterocycles. The summed E-state index contributed by atoms with van der Waals surface area (Å²) in [6, 6.07) is 3.91. The van der Waals surface area contributed by atoms with Crippen molar-refractivity contribution in [2.45, 2.75) is 25.7 Å². The minimum atomic E-state index is 0.545. The van der Waals surface area contributed by atoms with Gasteiger partial charge in [0.25, 0.3) is 0 Å². The van der Waals surface area contributed by atoms with Crippen LogP contribution in [0.5, 0.6) is 5.88 Å². The zero-order valence-corrected chi connectivity index (χ0v) is 10.9. The first kappa shape index (κ1) is 11.6. The highest BCUT2D eigenvalue weighted by atomic mass is 16.5. The first-order valence-corrected chi connectivity index (χ1v) is 6.81. The van der Waals surface area contributed by atoms with Crippen LogP contribution in [0.2, 0.25) is 0 Å². The van der Waals surface area contributed by atoms with Gasteiger partial charge in [-0.15, -0.1) is 0 Å². The molecule has 0 spiro atoms. The van der Waals surface area contributed by atoms with Crippen molar-refractivity contribution in [3.63, 3.8) is 0 Å². The number of anilines is 2. The van der Waals surface area contributed by atoms with E-state index in [0.29, 0.717) is 11.6 Å². The van der Waals surface area contributed by atoms with Gasteiger partial charge >= 0.3 is 0 Å². The summed E-state index contributed by atoms with van der Waals surface area (Å²) >= 11 is 0. The van der Waals surface area contributed by atoms with Crippen molar-refractivity contribution >= 4 is 11.5 Å². The smallest absolute Gasteiger partial charge is 0.238 e. The van der Waals surface area contributed by atoms with E-state index in [1.807, 2.05) is 12.1 Å². The summed E-state index contributed by atoms with van der Waals surface area (Å²) in [5, 5.41) is 0. The molecular weight excluding hydrogens is 226 g/mol. The van der Waals surface area contributed by atoms with Crippen molar-refractivity contribution in [3.05, 3.63) is 12.1 Å². The minimum absolute atomic E-state index is 0.545. The van der Waals surface area contributed by atoms with Gasteiger partial charge in [-0.25, -0.2) is 0 Å². The number of rotatable bonds is 6. The van der Waals surface area contributed by atoms with Gasteiger partial charge in [-0.2, -0.15) is 4.98 Å². The van der Waals surface area contributed by atoms with Gasteiger partial charge in [-0.05, 0) is 49.7 Å². The quantitative estimate of drug-likeness (QED) is 0.838. The largest absolute Gasteiger partial charge is 0.479 e. The highest BCUT2D eigenvalue weighted by Gasteiger charge is 2.30. The summed E-state index contributed by atoms with van der Waals surface area (Å²) < 4.78 is 5.21. The average Bonchev–Trinajstić information content (AvgIpc) is 3.24. The SMILES string of the molecule is COc1nc(N(CC2CC2)CC2CC2)ccc1N. The highest BCUT2D eigenvalue weighted by molar-refractivity contribution is 5.54. The number of nitrogens with two attached hydrogens (primary N) is 1. The van der Waals surface area contributed by atoms with Crippen LogP contribution in [0.1, 0.15) is 25.7 Å². The molecule has 2 N–H and O–H groups in total. The van der Waals surface area contributed by atoms with Gasteiger partial charge in [-0.1, -0.05) is 0 Å². The molecule has 98 valence electrons. The molecule has 0 amide bonds. The molecular formula is C14H21N3O. The summed E-state index contributed by atoms with van der Waals surface area (Å²) in [4.78, 5) is 6.95. The number of hydrogen-bond acceptors (Lipinski definition) is 4. The second kappa shape index (κ2) is 4.67. The van der Waals surface area contributed by atoms with Crippen LogP contribution in [0.4, 0.5) is 11.5 Å². The van der Waals surface area contributed by atoms with Gasteiger partial charge in [0.15, 0.2) is 0 Å². The Morgan fingerprint density at radius 1 is 1.22 bits per heavy atom. The van der Waals surface area contributed by atoms with Crippen LogP contribution in [-0.2, 0) is 0 Å². The molecule has 4 nitrogen and oxygen atoms in total. The van der Waals surface area contributed by atoms with E-state index < -0.39 is 0 Å². The number of hydrogen-bond donors (Lipinski definition) is 1. The van der Waals surface area contributed by atoms with Crippen molar-refractivity contribution in [1.29, 1.82) is 0 Å². The lowest BCUT2D eigenvalue weighted by Crippen LogP contribution is -2.29. The molecule has 2 aliphatic carbocycles. The van der Waals surface area contributed by atoms with Crippen molar-refractivity contribution in [2.75, 3.05) is 30.8 Å². The third kappa shape index (κ3) is 2.68. The lowest BCUT2D eigenvalue weighted by atomic mass is 10.3. The van der Waals surface area contributed by atoms with Gasteiger partial charge in [0, 0.05) is 13.1 Å². The summed E-state index contributed by atoms with van der Waals surface area (Å²) in [7, 11) is 1.62. The van der Waals surface area contributed by atoms with Crippen LogP contribution in [0.15, 0.2) is 12.1 Å². The fourth-order valence-electron chi connectivity index (χ4n) is 2.27. The monoisotopic (exact) mass is 247 g/mol. The second-order valence-corrected chi connectivity index (χ2v) is 5.56. The predicted octanol–water partition coefficient (Wildman–Crippen LogP) is 2.30. The van der Waals surface area contributed by atoms with Crippen LogP contribution in [-0.4, -0.2) is 25.2 Å². The average molecular weight is 247 g/mol. The normalized spacial score (nSPS) is 18.7. The third-order valence-corrected chi connectivity index (χ3v) is 3.74. The first-order chi connectivity index (χ1) is 8.76. The molecule has 4 heteroatoms. The van der Waals surface area contributed by atoms with Crippen LogP contribution < -0.4 is 15.4 Å². The number of ether oxygens (including phenoxy) is 1. The van der Waals surface area contributed by atoms with Crippen molar-refractivity contribution in [2.24, 2.45) is 11.8 Å².